The Kier molecular flexibility index (Phi) is 5.10. The van der Waals surface area contributed by atoms with Gasteiger partial charge in [0.25, 0.3) is 5.91 Å². The van der Waals surface area contributed by atoms with Gasteiger partial charge in [-0.3, -0.25) is 4.79 Å². The highest BCUT2D eigenvalue weighted by atomic mass is 19.1. The number of hydrogen-bond acceptors (Lipinski definition) is 3. The lowest BCUT2D eigenvalue weighted by atomic mass is 10.1. The van der Waals surface area contributed by atoms with Crippen LogP contribution in [0.5, 0.6) is 0 Å². The molecule has 0 radical (unpaired) electrons. The highest BCUT2D eigenvalue weighted by Crippen LogP contribution is 2.20. The Morgan fingerprint density at radius 2 is 1.64 bits per heavy atom. The lowest BCUT2D eigenvalue weighted by Gasteiger charge is -2.36. The zero-order chi connectivity index (χ0) is 19.5. The number of piperazine rings is 1. The standard InChI is InChI=1S/C22H23FN4O/c1-2-21-20(16-24-27(21)19-6-4-3-5-7-19)22(28)26-14-12-25(13-15-26)18-10-8-17(23)9-11-18/h3-11,16H,2,12-15H2,1H3. The maximum absolute atomic E-state index is 13.1. The zero-order valence-electron chi connectivity index (χ0n) is 15.9. The van der Waals surface area contributed by atoms with Gasteiger partial charge in [0.15, 0.2) is 0 Å². The molecule has 1 amide bonds. The second-order valence-corrected chi connectivity index (χ2v) is 6.86. The lowest BCUT2D eigenvalue weighted by molar-refractivity contribution is 0.0745. The fourth-order valence-electron chi connectivity index (χ4n) is 3.67. The topological polar surface area (TPSA) is 41.4 Å². The van der Waals surface area contributed by atoms with Crippen LogP contribution in [0.15, 0.2) is 60.8 Å². The molecular formula is C22H23FN4O. The highest BCUT2D eigenvalue weighted by molar-refractivity contribution is 5.95. The van der Waals surface area contributed by atoms with Gasteiger partial charge in [-0.25, -0.2) is 9.07 Å². The van der Waals surface area contributed by atoms with E-state index < -0.39 is 0 Å². The van der Waals surface area contributed by atoms with Crippen molar-refractivity contribution < 1.29 is 9.18 Å². The molecular weight excluding hydrogens is 355 g/mol. The van der Waals surface area contributed by atoms with Crippen LogP contribution in [-0.4, -0.2) is 46.8 Å². The minimum absolute atomic E-state index is 0.0257. The second kappa shape index (κ2) is 7.84. The number of carbonyl (C=O) groups is 1. The Hall–Kier alpha value is -3.15. The van der Waals surface area contributed by atoms with E-state index in [1.54, 1.807) is 18.3 Å². The molecule has 2 aromatic carbocycles. The molecule has 0 N–H and O–H groups in total. The van der Waals surface area contributed by atoms with E-state index in [1.807, 2.05) is 46.8 Å². The third kappa shape index (κ3) is 3.50. The number of hydrogen-bond donors (Lipinski definition) is 0. The molecule has 144 valence electrons. The quantitative estimate of drug-likeness (QED) is 0.697. The summed E-state index contributed by atoms with van der Waals surface area (Å²) < 4.78 is 15.0. The van der Waals surface area contributed by atoms with E-state index >= 15 is 0 Å². The van der Waals surface area contributed by atoms with Gasteiger partial charge in [-0.2, -0.15) is 5.10 Å². The molecule has 1 aromatic heterocycles. The summed E-state index contributed by atoms with van der Waals surface area (Å²) in [5, 5.41) is 4.47. The molecule has 5 nitrogen and oxygen atoms in total. The van der Waals surface area contributed by atoms with Gasteiger partial charge in [0, 0.05) is 31.9 Å². The molecule has 0 unspecified atom stereocenters. The first-order chi connectivity index (χ1) is 13.7. The van der Waals surface area contributed by atoms with Crippen molar-refractivity contribution in [1.82, 2.24) is 14.7 Å². The molecule has 0 bridgehead atoms. The first-order valence-corrected chi connectivity index (χ1v) is 9.59. The number of para-hydroxylation sites is 1. The van der Waals surface area contributed by atoms with Crippen molar-refractivity contribution in [2.75, 3.05) is 31.1 Å². The van der Waals surface area contributed by atoms with E-state index in [0.717, 1.165) is 36.6 Å². The van der Waals surface area contributed by atoms with Crippen LogP contribution in [0.1, 0.15) is 23.0 Å². The van der Waals surface area contributed by atoms with Crippen molar-refractivity contribution in [3.05, 3.63) is 77.9 Å². The van der Waals surface area contributed by atoms with Gasteiger partial charge in [-0.05, 0) is 42.8 Å². The molecule has 1 fully saturated rings. The molecule has 4 rings (SSSR count). The summed E-state index contributed by atoms with van der Waals surface area (Å²) in [5.41, 5.74) is 3.54. The third-order valence-corrected chi connectivity index (χ3v) is 5.19. The van der Waals surface area contributed by atoms with Crippen molar-refractivity contribution in [1.29, 1.82) is 0 Å². The van der Waals surface area contributed by atoms with Crippen LogP contribution in [-0.2, 0) is 6.42 Å². The molecule has 2 heterocycles. The van der Waals surface area contributed by atoms with Crippen molar-refractivity contribution in [2.45, 2.75) is 13.3 Å². The van der Waals surface area contributed by atoms with E-state index in [-0.39, 0.29) is 11.7 Å². The Morgan fingerprint density at radius 1 is 0.964 bits per heavy atom. The molecule has 1 saturated heterocycles. The molecule has 6 heteroatoms. The van der Waals surface area contributed by atoms with Crippen LogP contribution in [0.4, 0.5) is 10.1 Å². The summed E-state index contributed by atoms with van der Waals surface area (Å²) >= 11 is 0. The minimum atomic E-state index is -0.236. The molecule has 0 aliphatic carbocycles. The predicted octanol–water partition coefficient (Wildman–Crippen LogP) is 3.54. The van der Waals surface area contributed by atoms with Crippen molar-refractivity contribution in [3.8, 4) is 5.69 Å². The molecule has 0 saturated carbocycles. The average molecular weight is 378 g/mol. The van der Waals surface area contributed by atoms with Gasteiger partial charge in [0.2, 0.25) is 0 Å². The third-order valence-electron chi connectivity index (χ3n) is 5.19. The average Bonchev–Trinajstić information content (AvgIpc) is 3.18. The lowest BCUT2D eigenvalue weighted by Crippen LogP contribution is -2.48. The first kappa shape index (κ1) is 18.2. The summed E-state index contributed by atoms with van der Waals surface area (Å²) in [6.07, 6.45) is 2.41. The predicted molar refractivity (Wildman–Crippen MR) is 107 cm³/mol. The SMILES string of the molecule is CCc1c(C(=O)N2CCN(c3ccc(F)cc3)CC2)cnn1-c1ccccc1. The van der Waals surface area contributed by atoms with Crippen molar-refractivity contribution in [2.24, 2.45) is 0 Å². The largest absolute Gasteiger partial charge is 0.368 e. The van der Waals surface area contributed by atoms with Crippen molar-refractivity contribution in [3.63, 3.8) is 0 Å². The van der Waals surface area contributed by atoms with Gasteiger partial charge in [-0.15, -0.1) is 0 Å². The van der Waals surface area contributed by atoms with Crippen LogP contribution >= 0.6 is 0 Å². The van der Waals surface area contributed by atoms with Crippen LogP contribution in [0.3, 0.4) is 0 Å². The van der Waals surface area contributed by atoms with E-state index in [9.17, 15) is 9.18 Å². The maximum atomic E-state index is 13.1. The van der Waals surface area contributed by atoms with Crippen molar-refractivity contribution >= 4 is 11.6 Å². The number of carbonyl (C=O) groups excluding carboxylic acids is 1. The summed E-state index contributed by atoms with van der Waals surface area (Å²) in [6.45, 7) is 4.77. The van der Waals surface area contributed by atoms with E-state index in [1.165, 1.54) is 12.1 Å². The summed E-state index contributed by atoms with van der Waals surface area (Å²) in [4.78, 5) is 17.2. The molecule has 1 aliphatic heterocycles. The maximum Gasteiger partial charge on any atom is 0.257 e. The smallest absolute Gasteiger partial charge is 0.257 e. The van der Waals surface area contributed by atoms with Gasteiger partial charge < -0.3 is 9.80 Å². The number of nitrogens with zero attached hydrogens (tertiary/aromatic N) is 4. The van der Waals surface area contributed by atoms with E-state index in [2.05, 4.69) is 10.00 Å². The molecule has 0 atom stereocenters. The summed E-state index contributed by atoms with van der Waals surface area (Å²) in [7, 11) is 0. The van der Waals surface area contributed by atoms with Crippen LogP contribution in [0.2, 0.25) is 0 Å². The Labute approximate surface area is 164 Å². The van der Waals surface area contributed by atoms with Gasteiger partial charge in [0.1, 0.15) is 5.82 Å². The normalized spacial score (nSPS) is 14.4. The molecule has 28 heavy (non-hydrogen) atoms. The number of anilines is 1. The van der Waals surface area contributed by atoms with Gasteiger partial charge in [0.05, 0.1) is 23.1 Å². The fourth-order valence-corrected chi connectivity index (χ4v) is 3.67. The Bertz CT molecular complexity index is 944. The van der Waals surface area contributed by atoms with Gasteiger partial charge >= 0.3 is 0 Å². The van der Waals surface area contributed by atoms with Gasteiger partial charge in [-0.1, -0.05) is 25.1 Å². The highest BCUT2D eigenvalue weighted by Gasteiger charge is 2.26. The van der Waals surface area contributed by atoms with Crippen LogP contribution in [0, 0.1) is 5.82 Å². The summed E-state index contributed by atoms with van der Waals surface area (Å²) in [5.74, 6) is -0.210. The summed E-state index contributed by atoms with van der Waals surface area (Å²) in [6, 6.07) is 16.4. The molecule has 0 spiro atoms. The monoisotopic (exact) mass is 378 g/mol. The second-order valence-electron chi connectivity index (χ2n) is 6.86. The van der Waals surface area contributed by atoms with E-state index in [0.29, 0.717) is 18.7 Å². The van der Waals surface area contributed by atoms with Crippen LogP contribution < -0.4 is 4.90 Å². The number of aromatic nitrogens is 2. The number of halogens is 1. The first-order valence-electron chi connectivity index (χ1n) is 9.59. The molecule has 1 aliphatic rings. The zero-order valence-corrected chi connectivity index (χ0v) is 15.9. The van der Waals surface area contributed by atoms with E-state index in [4.69, 9.17) is 0 Å². The minimum Gasteiger partial charge on any atom is -0.368 e. The fraction of sp³-hybridized carbons (Fsp3) is 0.273. The Morgan fingerprint density at radius 3 is 2.29 bits per heavy atom. The number of rotatable bonds is 4. The molecule has 3 aromatic rings. The van der Waals surface area contributed by atoms with Crippen LogP contribution in [0.25, 0.3) is 5.69 Å². The Balaban J connectivity index is 1.48. The number of benzene rings is 2. The number of amides is 1.